The van der Waals surface area contributed by atoms with E-state index in [0.29, 0.717) is 0 Å². The molecule has 0 unspecified atom stereocenters. The third-order valence-corrected chi connectivity index (χ3v) is 8.42. The standard InChI is InChI=1S/C39H24N2O/c1-2-10-25(11-3-1)26-18-20-27(21-19-26)36-29-12-4-6-14-31(29)37(32-15-7-5-13-30(32)36)28-22-23-35-40-38-33-16-8-9-17-34(33)42-39(38)41(35)24-28/h1-24H. The first kappa shape index (κ1) is 23.1. The van der Waals surface area contributed by atoms with Crippen LogP contribution < -0.4 is 0 Å². The first-order valence-electron chi connectivity index (χ1n) is 14.2. The second-order valence-electron chi connectivity index (χ2n) is 10.8. The lowest BCUT2D eigenvalue weighted by atomic mass is 9.86. The lowest BCUT2D eigenvalue weighted by Crippen LogP contribution is -1.92. The molecule has 0 saturated heterocycles. The lowest BCUT2D eigenvalue weighted by molar-refractivity contribution is 0.649. The Morgan fingerprint density at radius 3 is 1.60 bits per heavy atom. The van der Waals surface area contributed by atoms with Gasteiger partial charge in [-0.05, 0) is 79.2 Å². The van der Waals surface area contributed by atoms with Crippen LogP contribution in [0.15, 0.2) is 150 Å². The van der Waals surface area contributed by atoms with Crippen molar-refractivity contribution in [3.8, 4) is 33.4 Å². The van der Waals surface area contributed by atoms with Crippen molar-refractivity contribution < 1.29 is 4.42 Å². The average molecular weight is 537 g/mol. The van der Waals surface area contributed by atoms with E-state index < -0.39 is 0 Å². The van der Waals surface area contributed by atoms with E-state index in [0.717, 1.165) is 33.4 Å². The van der Waals surface area contributed by atoms with Crippen molar-refractivity contribution in [2.75, 3.05) is 0 Å². The molecule has 0 saturated carbocycles. The van der Waals surface area contributed by atoms with Crippen LogP contribution in [0.2, 0.25) is 0 Å². The number of nitrogens with zero attached hydrogens (tertiary/aromatic N) is 2. The van der Waals surface area contributed by atoms with Crippen molar-refractivity contribution >= 4 is 49.4 Å². The summed E-state index contributed by atoms with van der Waals surface area (Å²) < 4.78 is 8.38. The molecule has 9 rings (SSSR count). The number of fused-ring (bicyclic) bond motifs is 7. The highest BCUT2D eigenvalue weighted by atomic mass is 16.3. The zero-order valence-corrected chi connectivity index (χ0v) is 22.7. The van der Waals surface area contributed by atoms with Gasteiger partial charge in [0.15, 0.2) is 0 Å². The Kier molecular flexibility index (Phi) is 4.90. The Hall–Kier alpha value is -5.67. The highest BCUT2D eigenvalue weighted by Crippen LogP contribution is 2.44. The number of para-hydroxylation sites is 1. The molecule has 0 aliphatic heterocycles. The minimum absolute atomic E-state index is 0.775. The molecule has 42 heavy (non-hydrogen) atoms. The Balaban J connectivity index is 1.30. The summed E-state index contributed by atoms with van der Waals surface area (Å²) in [4.78, 5) is 4.91. The van der Waals surface area contributed by atoms with Crippen molar-refractivity contribution in [2.45, 2.75) is 0 Å². The third kappa shape index (κ3) is 3.37. The van der Waals surface area contributed by atoms with Crippen molar-refractivity contribution in [1.82, 2.24) is 9.38 Å². The fraction of sp³-hybridized carbons (Fsp3) is 0. The minimum Gasteiger partial charge on any atom is -0.437 e. The molecular weight excluding hydrogens is 512 g/mol. The normalized spacial score (nSPS) is 11.8. The van der Waals surface area contributed by atoms with Gasteiger partial charge in [-0.15, -0.1) is 0 Å². The second-order valence-corrected chi connectivity index (χ2v) is 10.8. The fourth-order valence-electron chi connectivity index (χ4n) is 6.51. The average Bonchev–Trinajstić information content (AvgIpc) is 3.60. The molecule has 0 aliphatic rings. The summed E-state index contributed by atoms with van der Waals surface area (Å²) in [6.07, 6.45) is 2.18. The SMILES string of the molecule is c1ccc(-c2ccc(-c3c4ccccc4c(-c4ccc5nc6c7ccccc7oc6n5c4)c4ccccc34)cc2)cc1. The molecular formula is C39H24N2O. The number of rotatable bonds is 3. The molecule has 3 heterocycles. The summed E-state index contributed by atoms with van der Waals surface area (Å²) in [5, 5.41) is 5.95. The van der Waals surface area contributed by atoms with E-state index in [4.69, 9.17) is 9.40 Å². The molecule has 0 bridgehead atoms. The van der Waals surface area contributed by atoms with Gasteiger partial charge in [0.25, 0.3) is 0 Å². The summed E-state index contributed by atoms with van der Waals surface area (Å²) >= 11 is 0. The smallest absolute Gasteiger partial charge is 0.232 e. The molecule has 3 aromatic heterocycles. The van der Waals surface area contributed by atoms with E-state index in [-0.39, 0.29) is 0 Å². The van der Waals surface area contributed by atoms with Gasteiger partial charge >= 0.3 is 0 Å². The predicted octanol–water partition coefficient (Wildman–Crippen LogP) is 10.5. The Morgan fingerprint density at radius 2 is 0.929 bits per heavy atom. The highest BCUT2D eigenvalue weighted by molar-refractivity contribution is 6.21. The lowest BCUT2D eigenvalue weighted by Gasteiger charge is -2.18. The molecule has 0 N–H and O–H groups in total. The van der Waals surface area contributed by atoms with Crippen LogP contribution in [0.5, 0.6) is 0 Å². The van der Waals surface area contributed by atoms with Gasteiger partial charge in [0, 0.05) is 11.6 Å². The summed E-state index contributed by atoms with van der Waals surface area (Å²) in [6, 6.07) is 49.4. The summed E-state index contributed by atoms with van der Waals surface area (Å²) in [7, 11) is 0. The topological polar surface area (TPSA) is 30.4 Å². The Labute approximate surface area is 241 Å². The molecule has 0 spiro atoms. The van der Waals surface area contributed by atoms with Crippen LogP contribution in [0.25, 0.3) is 82.8 Å². The van der Waals surface area contributed by atoms with Crippen LogP contribution in [0.4, 0.5) is 0 Å². The molecule has 6 aromatic carbocycles. The van der Waals surface area contributed by atoms with E-state index >= 15 is 0 Å². The predicted molar refractivity (Wildman–Crippen MR) is 174 cm³/mol. The monoisotopic (exact) mass is 536 g/mol. The number of hydrogen-bond donors (Lipinski definition) is 0. The van der Waals surface area contributed by atoms with Crippen molar-refractivity contribution in [2.24, 2.45) is 0 Å². The Morgan fingerprint density at radius 1 is 0.429 bits per heavy atom. The number of pyridine rings is 1. The van der Waals surface area contributed by atoms with Gasteiger partial charge < -0.3 is 4.42 Å². The van der Waals surface area contributed by atoms with E-state index in [1.54, 1.807) is 0 Å². The minimum atomic E-state index is 0.775. The van der Waals surface area contributed by atoms with Crippen LogP contribution in [0.1, 0.15) is 0 Å². The maximum absolute atomic E-state index is 6.29. The zero-order chi connectivity index (χ0) is 27.6. The molecule has 0 amide bonds. The molecule has 0 radical (unpaired) electrons. The summed E-state index contributed by atoms with van der Waals surface area (Å²) in [6.45, 7) is 0. The van der Waals surface area contributed by atoms with E-state index in [9.17, 15) is 0 Å². The van der Waals surface area contributed by atoms with Gasteiger partial charge in [0.05, 0.1) is 0 Å². The van der Waals surface area contributed by atoms with E-state index in [2.05, 4.69) is 132 Å². The third-order valence-electron chi connectivity index (χ3n) is 8.42. The molecule has 3 heteroatoms. The Bertz CT molecular complexity index is 2390. The number of hydrogen-bond acceptors (Lipinski definition) is 2. The van der Waals surface area contributed by atoms with Gasteiger partial charge in [-0.25, -0.2) is 4.98 Å². The fourth-order valence-corrected chi connectivity index (χ4v) is 6.51. The number of aromatic nitrogens is 2. The van der Waals surface area contributed by atoms with Crippen LogP contribution in [-0.2, 0) is 0 Å². The quantitative estimate of drug-likeness (QED) is 0.210. The maximum Gasteiger partial charge on any atom is 0.232 e. The van der Waals surface area contributed by atoms with Gasteiger partial charge in [-0.3, -0.25) is 4.40 Å². The van der Waals surface area contributed by atoms with Crippen LogP contribution in [0.3, 0.4) is 0 Å². The molecule has 9 aromatic rings. The van der Waals surface area contributed by atoms with E-state index in [1.807, 2.05) is 18.2 Å². The van der Waals surface area contributed by atoms with Crippen LogP contribution >= 0.6 is 0 Å². The second kappa shape index (κ2) is 8.92. The first-order chi connectivity index (χ1) is 20.8. The van der Waals surface area contributed by atoms with Gasteiger partial charge in [0.1, 0.15) is 16.7 Å². The van der Waals surface area contributed by atoms with Gasteiger partial charge in [-0.1, -0.05) is 115 Å². The summed E-state index contributed by atoms with van der Waals surface area (Å²) in [5.41, 5.74) is 10.7. The first-order valence-corrected chi connectivity index (χ1v) is 14.2. The molecule has 3 nitrogen and oxygen atoms in total. The number of benzene rings is 6. The molecule has 0 atom stereocenters. The van der Waals surface area contributed by atoms with Crippen molar-refractivity contribution in [1.29, 1.82) is 0 Å². The summed E-state index contributed by atoms with van der Waals surface area (Å²) in [5.74, 6) is 0. The molecule has 0 fully saturated rings. The molecule has 0 aliphatic carbocycles. The van der Waals surface area contributed by atoms with Crippen molar-refractivity contribution in [3.05, 3.63) is 146 Å². The number of imidazole rings is 1. The van der Waals surface area contributed by atoms with Gasteiger partial charge in [0.2, 0.25) is 5.71 Å². The van der Waals surface area contributed by atoms with Crippen LogP contribution in [0, 0.1) is 0 Å². The number of furan rings is 1. The van der Waals surface area contributed by atoms with Crippen molar-refractivity contribution in [3.63, 3.8) is 0 Å². The van der Waals surface area contributed by atoms with Crippen LogP contribution in [-0.4, -0.2) is 9.38 Å². The van der Waals surface area contributed by atoms with E-state index in [1.165, 1.54) is 49.4 Å². The van der Waals surface area contributed by atoms with Gasteiger partial charge in [-0.2, -0.15) is 0 Å². The highest BCUT2D eigenvalue weighted by Gasteiger charge is 2.19. The zero-order valence-electron chi connectivity index (χ0n) is 22.7. The largest absolute Gasteiger partial charge is 0.437 e. The molecule has 196 valence electrons. The maximum atomic E-state index is 6.29.